The molecule has 9 atom stereocenters. The molecule has 59 heavy (non-hydrogen) atoms. The number of amides is 4. The van der Waals surface area contributed by atoms with Crippen LogP contribution in [0.25, 0.3) is 0 Å². The Morgan fingerprint density at radius 3 is 2.07 bits per heavy atom. The first-order chi connectivity index (χ1) is 28.0. The van der Waals surface area contributed by atoms with Crippen LogP contribution in [0, 0.1) is 17.8 Å². The molecule has 1 heterocycles. The summed E-state index contributed by atoms with van der Waals surface area (Å²) in [4.78, 5) is 81.5. The van der Waals surface area contributed by atoms with Gasteiger partial charge in [0.25, 0.3) is 0 Å². The number of nitrogens with one attached hydrogen (secondary N) is 2. The van der Waals surface area contributed by atoms with Gasteiger partial charge >= 0.3 is 12.1 Å². The standard InChI is InChI=1S/C43H65N4O11P/c1-10-29(4)39(46(6)42(51)38(28(2)3)45-43(52)58-26-32-20-15-12-16-21-32)34(55-7)25-36(48)47-23-17-22-33(47)40(57-9)30(5)41(50)44-35(24-31-18-13-11-14-19-31)59(53,54)27-37(49)56-8/h11-16,18-21,28-30,33-35,38-40H,10,17,22-27H2,1-9H3,(H,44,50)(H,45,52)(H,53,54)/t29-,30+,33?,34+,35+,38?,39-,40+/m0/s1. The van der Waals surface area contributed by atoms with Gasteiger partial charge < -0.3 is 44.3 Å². The third kappa shape index (κ3) is 13.9. The highest BCUT2D eigenvalue weighted by Gasteiger charge is 2.44. The maximum Gasteiger partial charge on any atom is 0.408 e. The predicted molar refractivity (Wildman–Crippen MR) is 223 cm³/mol. The molecule has 3 unspecified atom stereocenters. The fraction of sp³-hybridized carbons (Fsp3) is 0.605. The van der Waals surface area contributed by atoms with E-state index in [1.807, 2.05) is 58.0 Å². The fourth-order valence-corrected chi connectivity index (χ4v) is 9.26. The lowest BCUT2D eigenvalue weighted by Gasteiger charge is -2.40. The van der Waals surface area contributed by atoms with Crippen molar-refractivity contribution in [3.8, 4) is 0 Å². The van der Waals surface area contributed by atoms with Crippen molar-refractivity contribution in [1.29, 1.82) is 0 Å². The van der Waals surface area contributed by atoms with E-state index in [-0.39, 0.29) is 43.1 Å². The Bertz CT molecular complexity index is 1720. The minimum absolute atomic E-state index is 0.00517. The highest BCUT2D eigenvalue weighted by atomic mass is 31.2. The molecule has 2 aromatic carbocycles. The lowest BCUT2D eigenvalue weighted by Crippen LogP contribution is -2.57. The van der Waals surface area contributed by atoms with Gasteiger partial charge in [0.05, 0.1) is 43.7 Å². The first-order valence-corrected chi connectivity index (χ1v) is 22.2. The SMILES string of the molecule is CC[C@H](C)[C@@H]([C@@H](CC(=O)N1CCCC1[C@H](OC)[C@@H](C)C(=O)N[C@@H](Cc1ccccc1)P(=O)(O)CC(=O)OC)OC)N(C)C(=O)C(NC(=O)OCc1ccccc1)C(C)C. The van der Waals surface area contributed by atoms with Gasteiger partial charge in [-0.25, -0.2) is 4.79 Å². The van der Waals surface area contributed by atoms with Crippen molar-refractivity contribution in [2.75, 3.05) is 41.1 Å². The Labute approximate surface area is 349 Å². The van der Waals surface area contributed by atoms with Gasteiger partial charge in [-0.3, -0.25) is 23.7 Å². The highest BCUT2D eigenvalue weighted by molar-refractivity contribution is 7.59. The van der Waals surface area contributed by atoms with Crippen molar-refractivity contribution in [3.63, 3.8) is 0 Å². The number of alkyl carbamates (subject to hydrolysis) is 1. The predicted octanol–water partition coefficient (Wildman–Crippen LogP) is 4.99. The van der Waals surface area contributed by atoms with Crippen molar-refractivity contribution in [2.45, 2.75) is 109 Å². The van der Waals surface area contributed by atoms with Gasteiger partial charge in [-0.05, 0) is 35.8 Å². The first-order valence-electron chi connectivity index (χ1n) is 20.3. The second-order valence-electron chi connectivity index (χ2n) is 15.7. The van der Waals surface area contributed by atoms with Crippen molar-refractivity contribution in [3.05, 3.63) is 71.8 Å². The van der Waals surface area contributed by atoms with E-state index in [0.717, 1.165) is 12.7 Å². The highest BCUT2D eigenvalue weighted by Crippen LogP contribution is 2.46. The number of rotatable bonds is 22. The quantitative estimate of drug-likeness (QED) is 0.107. The molecule has 0 bridgehead atoms. The molecule has 328 valence electrons. The third-order valence-electron chi connectivity index (χ3n) is 11.3. The molecule has 1 aliphatic heterocycles. The lowest BCUT2D eigenvalue weighted by atomic mass is 9.89. The smallest absolute Gasteiger partial charge is 0.408 e. The van der Waals surface area contributed by atoms with Gasteiger partial charge in [-0.15, -0.1) is 0 Å². The maximum absolute atomic E-state index is 14.3. The molecule has 2 aromatic rings. The summed E-state index contributed by atoms with van der Waals surface area (Å²) in [5, 5.41) is 5.47. The van der Waals surface area contributed by atoms with E-state index in [1.54, 1.807) is 54.1 Å². The number of nitrogens with zero attached hydrogens (tertiary/aromatic N) is 2. The molecule has 0 saturated carbocycles. The van der Waals surface area contributed by atoms with Gasteiger partial charge in [0.15, 0.2) is 0 Å². The molecule has 1 aliphatic rings. The molecule has 0 radical (unpaired) electrons. The third-order valence-corrected chi connectivity index (χ3v) is 13.3. The zero-order chi connectivity index (χ0) is 43.9. The Balaban J connectivity index is 1.78. The molecule has 4 amide bonds. The van der Waals surface area contributed by atoms with E-state index in [4.69, 9.17) is 14.2 Å². The lowest BCUT2D eigenvalue weighted by molar-refractivity contribution is -0.147. The summed E-state index contributed by atoms with van der Waals surface area (Å²) in [7, 11) is 1.44. The number of benzene rings is 2. The number of esters is 1. The summed E-state index contributed by atoms with van der Waals surface area (Å²) in [6, 6.07) is 16.1. The van der Waals surface area contributed by atoms with E-state index in [1.165, 1.54) is 14.2 Å². The van der Waals surface area contributed by atoms with Crippen molar-refractivity contribution in [2.24, 2.45) is 17.8 Å². The molecule has 3 N–H and O–H groups in total. The summed E-state index contributed by atoms with van der Waals surface area (Å²) < 4.78 is 35.5. The molecule has 1 saturated heterocycles. The van der Waals surface area contributed by atoms with E-state index < -0.39 is 73.5 Å². The molecule has 0 spiro atoms. The Morgan fingerprint density at radius 1 is 0.915 bits per heavy atom. The van der Waals surface area contributed by atoms with Crippen LogP contribution < -0.4 is 10.6 Å². The summed E-state index contributed by atoms with van der Waals surface area (Å²) >= 11 is 0. The molecule has 1 fully saturated rings. The molecule has 16 heteroatoms. The molecule has 0 aliphatic carbocycles. The van der Waals surface area contributed by atoms with E-state index >= 15 is 0 Å². The number of hydrogen-bond donors (Lipinski definition) is 3. The van der Waals surface area contributed by atoms with Crippen LogP contribution in [0.4, 0.5) is 4.79 Å². The van der Waals surface area contributed by atoms with Gasteiger partial charge in [0.1, 0.15) is 24.6 Å². The van der Waals surface area contributed by atoms with Crippen LogP contribution in [0.5, 0.6) is 0 Å². The number of carbonyl (C=O) groups excluding carboxylic acids is 5. The molecular weight excluding hydrogens is 779 g/mol. The Morgan fingerprint density at radius 2 is 1.53 bits per heavy atom. The summed E-state index contributed by atoms with van der Waals surface area (Å²) in [5.74, 6) is -4.58. The van der Waals surface area contributed by atoms with Gasteiger partial charge in [0, 0.05) is 34.2 Å². The van der Waals surface area contributed by atoms with Gasteiger partial charge in [-0.1, -0.05) is 102 Å². The molecular formula is C43H65N4O11P. The van der Waals surface area contributed by atoms with E-state index in [0.29, 0.717) is 31.4 Å². The molecule has 15 nitrogen and oxygen atoms in total. The normalized spacial score (nSPS) is 18.6. The summed E-state index contributed by atoms with van der Waals surface area (Å²) in [6.07, 6.45) is -1.21. The monoisotopic (exact) mass is 844 g/mol. The number of ether oxygens (including phenoxy) is 4. The maximum atomic E-state index is 14.3. The summed E-state index contributed by atoms with van der Waals surface area (Å²) in [5.41, 5.74) is 1.50. The minimum Gasteiger partial charge on any atom is -0.469 e. The number of hydrogen-bond acceptors (Lipinski definition) is 10. The van der Waals surface area contributed by atoms with Crippen LogP contribution in [-0.4, -0.2) is 122 Å². The minimum atomic E-state index is -4.30. The first kappa shape index (κ1) is 49.1. The topological polar surface area (TPSA) is 190 Å². The van der Waals surface area contributed by atoms with Crippen molar-refractivity contribution in [1.82, 2.24) is 20.4 Å². The molecule has 3 rings (SSSR count). The summed E-state index contributed by atoms with van der Waals surface area (Å²) in [6.45, 7) is 9.73. The van der Waals surface area contributed by atoms with E-state index in [2.05, 4.69) is 15.4 Å². The van der Waals surface area contributed by atoms with Crippen LogP contribution in [0.3, 0.4) is 0 Å². The van der Waals surface area contributed by atoms with Gasteiger partial charge in [-0.2, -0.15) is 0 Å². The number of carbonyl (C=O) groups is 5. The average Bonchev–Trinajstić information content (AvgIpc) is 3.71. The zero-order valence-corrected chi connectivity index (χ0v) is 36.9. The number of likely N-dealkylation sites (tertiary alicyclic amines) is 1. The van der Waals surface area contributed by atoms with Crippen molar-refractivity contribution >= 4 is 37.2 Å². The van der Waals surface area contributed by atoms with Crippen LogP contribution in [0.1, 0.15) is 71.4 Å². The van der Waals surface area contributed by atoms with Gasteiger partial charge in [0.2, 0.25) is 25.1 Å². The fourth-order valence-electron chi connectivity index (χ4n) is 7.72. The second kappa shape index (κ2) is 23.5. The number of methoxy groups -OCH3 is 3. The van der Waals surface area contributed by atoms with Crippen LogP contribution in [0.15, 0.2) is 60.7 Å². The Kier molecular flexibility index (Phi) is 19.5. The second-order valence-corrected chi connectivity index (χ2v) is 18.2. The Hall–Kier alpha value is -4.30. The van der Waals surface area contributed by atoms with Crippen LogP contribution >= 0.6 is 7.37 Å². The van der Waals surface area contributed by atoms with Crippen molar-refractivity contribution < 1.29 is 52.4 Å². The average molecular weight is 845 g/mol. The zero-order valence-electron chi connectivity index (χ0n) is 36.0. The van der Waals surface area contributed by atoms with Crippen LogP contribution in [0.2, 0.25) is 0 Å². The number of likely N-dealkylation sites (N-methyl/N-ethyl adjacent to an activating group) is 1. The molecule has 0 aromatic heterocycles. The largest absolute Gasteiger partial charge is 0.469 e. The van der Waals surface area contributed by atoms with Crippen LogP contribution in [-0.2, 0) is 55.7 Å². The van der Waals surface area contributed by atoms with E-state index in [9.17, 15) is 33.4 Å².